The molecule has 6 heteroatoms. The van der Waals surface area contributed by atoms with Crippen LogP contribution in [0.2, 0.25) is 5.02 Å². The second-order valence-corrected chi connectivity index (χ2v) is 7.28. The maximum absolute atomic E-state index is 12.5. The van der Waals surface area contributed by atoms with Crippen molar-refractivity contribution in [3.8, 4) is 0 Å². The summed E-state index contributed by atoms with van der Waals surface area (Å²) in [6.45, 7) is 2.88. The molecule has 2 rings (SSSR count). The van der Waals surface area contributed by atoms with Crippen LogP contribution in [0.1, 0.15) is 18.4 Å². The minimum absolute atomic E-state index is 0.124. The Kier molecular flexibility index (Phi) is 4.50. The third-order valence-corrected chi connectivity index (χ3v) is 5.92. The van der Waals surface area contributed by atoms with Gasteiger partial charge < -0.3 is 5.11 Å². The van der Waals surface area contributed by atoms with E-state index in [-0.39, 0.29) is 22.4 Å². The lowest BCUT2D eigenvalue weighted by Crippen LogP contribution is -2.39. The van der Waals surface area contributed by atoms with Gasteiger partial charge in [-0.1, -0.05) is 17.7 Å². The van der Waals surface area contributed by atoms with E-state index in [0.29, 0.717) is 25.9 Å². The zero-order valence-electron chi connectivity index (χ0n) is 10.8. The molecule has 1 N–H and O–H groups in total. The first-order valence-corrected chi connectivity index (χ1v) is 8.14. The van der Waals surface area contributed by atoms with E-state index >= 15 is 0 Å². The summed E-state index contributed by atoms with van der Waals surface area (Å²) < 4.78 is 26.4. The highest BCUT2D eigenvalue weighted by Gasteiger charge is 2.30. The van der Waals surface area contributed by atoms with Gasteiger partial charge in [-0.2, -0.15) is 4.31 Å². The summed E-state index contributed by atoms with van der Waals surface area (Å²) in [6, 6.07) is 4.97. The Morgan fingerprint density at radius 3 is 2.53 bits per heavy atom. The zero-order valence-corrected chi connectivity index (χ0v) is 12.4. The van der Waals surface area contributed by atoms with E-state index in [2.05, 4.69) is 0 Å². The molecule has 0 unspecified atom stereocenters. The van der Waals surface area contributed by atoms with Gasteiger partial charge in [0.2, 0.25) is 10.0 Å². The second kappa shape index (κ2) is 5.79. The Balaban J connectivity index is 2.23. The summed E-state index contributed by atoms with van der Waals surface area (Å²) >= 11 is 6.04. The van der Waals surface area contributed by atoms with E-state index in [4.69, 9.17) is 16.7 Å². The smallest absolute Gasteiger partial charge is 0.244 e. The molecular formula is C13H18ClNO3S. The highest BCUT2D eigenvalue weighted by molar-refractivity contribution is 7.89. The zero-order chi connectivity index (χ0) is 14.0. The largest absolute Gasteiger partial charge is 0.396 e. The fraction of sp³-hybridized carbons (Fsp3) is 0.538. The first kappa shape index (κ1) is 14.8. The van der Waals surface area contributed by atoms with Crippen molar-refractivity contribution in [2.45, 2.75) is 24.7 Å². The molecule has 4 nitrogen and oxygen atoms in total. The van der Waals surface area contributed by atoms with Gasteiger partial charge in [0, 0.05) is 19.7 Å². The number of hydrogen-bond donors (Lipinski definition) is 1. The van der Waals surface area contributed by atoms with Crippen LogP contribution in [-0.2, 0) is 10.0 Å². The molecule has 0 aromatic heterocycles. The van der Waals surface area contributed by atoms with Gasteiger partial charge in [-0.25, -0.2) is 8.42 Å². The minimum atomic E-state index is -3.52. The Bertz CT molecular complexity index is 551. The molecule has 0 saturated carbocycles. The van der Waals surface area contributed by atoms with Crippen LogP contribution < -0.4 is 0 Å². The van der Waals surface area contributed by atoms with E-state index in [0.717, 1.165) is 5.56 Å². The first-order valence-electron chi connectivity index (χ1n) is 6.32. The summed E-state index contributed by atoms with van der Waals surface area (Å²) in [5.41, 5.74) is 0.933. The molecule has 0 aliphatic carbocycles. The number of aliphatic hydroxyl groups excluding tert-OH is 1. The number of sulfonamides is 1. The fourth-order valence-electron chi connectivity index (χ4n) is 2.29. The standard InChI is InChI=1S/C13H18ClNO3S/c1-10-2-3-13(12(14)8-10)19(17,18)15-6-4-11(9-16)5-7-15/h2-3,8,11,16H,4-7,9H2,1H3. The molecule has 1 aliphatic heterocycles. The molecule has 1 fully saturated rings. The topological polar surface area (TPSA) is 57.6 Å². The number of aryl methyl sites for hydroxylation is 1. The van der Waals surface area contributed by atoms with Crippen LogP contribution in [0.4, 0.5) is 0 Å². The predicted molar refractivity (Wildman–Crippen MR) is 74.8 cm³/mol. The van der Waals surface area contributed by atoms with E-state index in [1.165, 1.54) is 4.31 Å². The van der Waals surface area contributed by atoms with Gasteiger partial charge in [0.1, 0.15) is 4.90 Å². The van der Waals surface area contributed by atoms with Gasteiger partial charge >= 0.3 is 0 Å². The number of benzene rings is 1. The normalized spacial score (nSPS) is 18.7. The third-order valence-electron chi connectivity index (χ3n) is 3.54. The summed E-state index contributed by atoms with van der Waals surface area (Å²) in [4.78, 5) is 0.169. The average molecular weight is 304 g/mol. The van der Waals surface area contributed by atoms with E-state index in [9.17, 15) is 8.42 Å². The maximum Gasteiger partial charge on any atom is 0.244 e. The lowest BCUT2D eigenvalue weighted by molar-refractivity contribution is 0.170. The molecule has 106 valence electrons. The van der Waals surface area contributed by atoms with Crippen molar-refractivity contribution in [1.82, 2.24) is 4.31 Å². The molecule has 19 heavy (non-hydrogen) atoms. The Hall–Kier alpha value is -0.620. The van der Waals surface area contributed by atoms with Gasteiger partial charge in [0.15, 0.2) is 0 Å². The summed E-state index contributed by atoms with van der Waals surface area (Å²) in [5.74, 6) is 0.208. The van der Waals surface area contributed by atoms with Crippen LogP contribution in [0.25, 0.3) is 0 Å². The van der Waals surface area contributed by atoms with Crippen molar-refractivity contribution in [2.75, 3.05) is 19.7 Å². The van der Waals surface area contributed by atoms with Crippen molar-refractivity contribution >= 4 is 21.6 Å². The molecule has 1 aliphatic rings. The molecule has 1 saturated heterocycles. The summed E-state index contributed by atoms with van der Waals surface area (Å²) in [7, 11) is -3.52. The lowest BCUT2D eigenvalue weighted by atomic mass is 10.00. The number of aliphatic hydroxyl groups is 1. The maximum atomic E-state index is 12.5. The van der Waals surface area contributed by atoms with Gasteiger partial charge in [-0.3, -0.25) is 0 Å². The molecule has 1 aromatic rings. The minimum Gasteiger partial charge on any atom is -0.396 e. The Morgan fingerprint density at radius 1 is 1.37 bits per heavy atom. The highest BCUT2D eigenvalue weighted by atomic mass is 35.5. The quantitative estimate of drug-likeness (QED) is 0.929. The molecule has 0 spiro atoms. The molecule has 0 atom stereocenters. The van der Waals surface area contributed by atoms with E-state index in [1.54, 1.807) is 18.2 Å². The second-order valence-electron chi connectivity index (χ2n) is 4.96. The van der Waals surface area contributed by atoms with Crippen LogP contribution in [0, 0.1) is 12.8 Å². The molecule has 1 aromatic carbocycles. The van der Waals surface area contributed by atoms with Gasteiger partial charge in [0.05, 0.1) is 5.02 Å². The first-order chi connectivity index (χ1) is 8.95. The Labute approximate surface area is 119 Å². The summed E-state index contributed by atoms with van der Waals surface area (Å²) in [6.07, 6.45) is 1.39. The molecule has 0 bridgehead atoms. The number of rotatable bonds is 3. The Morgan fingerprint density at radius 2 is 2.00 bits per heavy atom. The van der Waals surface area contributed by atoms with Crippen molar-refractivity contribution in [1.29, 1.82) is 0 Å². The van der Waals surface area contributed by atoms with Crippen molar-refractivity contribution in [2.24, 2.45) is 5.92 Å². The van der Waals surface area contributed by atoms with Crippen LogP contribution in [-0.4, -0.2) is 37.5 Å². The van der Waals surface area contributed by atoms with E-state index in [1.807, 2.05) is 6.92 Å². The molecule has 0 radical (unpaired) electrons. The SMILES string of the molecule is Cc1ccc(S(=O)(=O)N2CCC(CO)CC2)c(Cl)c1. The number of halogens is 1. The van der Waals surface area contributed by atoms with Crippen LogP contribution in [0.3, 0.4) is 0 Å². The van der Waals surface area contributed by atoms with Gasteiger partial charge in [0.25, 0.3) is 0 Å². The number of nitrogens with zero attached hydrogens (tertiary/aromatic N) is 1. The molecular weight excluding hydrogens is 286 g/mol. The van der Waals surface area contributed by atoms with Crippen LogP contribution in [0.5, 0.6) is 0 Å². The molecule has 0 amide bonds. The lowest BCUT2D eigenvalue weighted by Gasteiger charge is -2.30. The van der Waals surface area contributed by atoms with Crippen molar-refractivity contribution in [3.63, 3.8) is 0 Å². The number of hydrogen-bond acceptors (Lipinski definition) is 3. The van der Waals surface area contributed by atoms with Crippen molar-refractivity contribution < 1.29 is 13.5 Å². The van der Waals surface area contributed by atoms with Gasteiger partial charge in [-0.15, -0.1) is 0 Å². The monoisotopic (exact) mass is 303 g/mol. The average Bonchev–Trinajstić information content (AvgIpc) is 2.38. The van der Waals surface area contributed by atoms with Crippen LogP contribution >= 0.6 is 11.6 Å². The third kappa shape index (κ3) is 3.11. The van der Waals surface area contributed by atoms with E-state index < -0.39 is 10.0 Å². The number of piperidine rings is 1. The predicted octanol–water partition coefficient (Wildman–Crippen LogP) is 2.04. The highest BCUT2D eigenvalue weighted by Crippen LogP contribution is 2.28. The fourth-order valence-corrected chi connectivity index (χ4v) is 4.33. The van der Waals surface area contributed by atoms with Crippen LogP contribution in [0.15, 0.2) is 23.1 Å². The van der Waals surface area contributed by atoms with Gasteiger partial charge in [-0.05, 0) is 43.4 Å². The molecule has 1 heterocycles. The summed E-state index contributed by atoms with van der Waals surface area (Å²) in [5, 5.41) is 9.35. The van der Waals surface area contributed by atoms with Crippen molar-refractivity contribution in [3.05, 3.63) is 28.8 Å².